The molecule has 0 spiro atoms. The van der Waals surface area contributed by atoms with Gasteiger partial charge in [-0.15, -0.1) is 0 Å². The Labute approximate surface area is 143 Å². The number of rotatable bonds is 4. The Morgan fingerprint density at radius 1 is 1.48 bits per heavy atom. The summed E-state index contributed by atoms with van der Waals surface area (Å²) in [5.74, 6) is 0.329. The molecular formula is C17H28ClN3O2. The topological polar surface area (TPSA) is 56.2 Å². The molecule has 1 aromatic heterocycles. The zero-order chi connectivity index (χ0) is 17.4. The van der Waals surface area contributed by atoms with Gasteiger partial charge in [-0.05, 0) is 17.8 Å². The minimum atomic E-state index is -0.147. The molecule has 1 N–H and O–H groups in total. The molecule has 0 saturated carbocycles. The number of halogens is 1. The van der Waals surface area contributed by atoms with Crippen LogP contribution in [0.15, 0.2) is 0 Å². The minimum Gasteiger partial charge on any atom is -0.377 e. The van der Waals surface area contributed by atoms with E-state index in [4.69, 9.17) is 16.3 Å². The van der Waals surface area contributed by atoms with Gasteiger partial charge in [-0.1, -0.05) is 46.2 Å². The first-order valence-electron chi connectivity index (χ1n) is 8.25. The number of carbonyl (C=O) groups excluding carboxylic acids is 1. The molecule has 0 aromatic carbocycles. The largest absolute Gasteiger partial charge is 0.377 e. The summed E-state index contributed by atoms with van der Waals surface area (Å²) >= 11 is 6.26. The van der Waals surface area contributed by atoms with Crippen molar-refractivity contribution in [3.63, 3.8) is 0 Å². The zero-order valence-electron chi connectivity index (χ0n) is 14.9. The van der Waals surface area contributed by atoms with Crippen molar-refractivity contribution in [2.24, 2.45) is 18.4 Å². The van der Waals surface area contributed by atoms with E-state index in [-0.39, 0.29) is 23.3 Å². The van der Waals surface area contributed by atoms with Crippen LogP contribution in [0.4, 0.5) is 0 Å². The second-order valence-corrected chi connectivity index (χ2v) is 8.10. The molecule has 0 unspecified atom stereocenters. The number of nitrogens with zero attached hydrogens (tertiary/aromatic N) is 2. The average molecular weight is 342 g/mol. The van der Waals surface area contributed by atoms with Crippen molar-refractivity contribution in [1.29, 1.82) is 0 Å². The Balaban J connectivity index is 2.09. The van der Waals surface area contributed by atoms with E-state index in [9.17, 15) is 4.79 Å². The second-order valence-electron chi connectivity index (χ2n) is 7.75. The summed E-state index contributed by atoms with van der Waals surface area (Å²) in [4.78, 5) is 12.6. The van der Waals surface area contributed by atoms with Crippen molar-refractivity contribution in [2.45, 2.75) is 53.1 Å². The maximum atomic E-state index is 12.6. The molecule has 0 aliphatic carbocycles. The first-order chi connectivity index (χ1) is 10.6. The lowest BCUT2D eigenvalue weighted by molar-refractivity contribution is 0.00737. The van der Waals surface area contributed by atoms with Gasteiger partial charge in [0.1, 0.15) is 5.15 Å². The molecule has 2 rings (SSSR count). The van der Waals surface area contributed by atoms with Gasteiger partial charge in [0.15, 0.2) is 0 Å². The summed E-state index contributed by atoms with van der Waals surface area (Å²) in [7, 11) is 1.76. The van der Waals surface area contributed by atoms with Crippen LogP contribution in [-0.4, -0.2) is 34.9 Å². The van der Waals surface area contributed by atoms with Crippen molar-refractivity contribution in [3.8, 4) is 0 Å². The van der Waals surface area contributed by atoms with Gasteiger partial charge in [-0.25, -0.2) is 0 Å². The van der Waals surface area contributed by atoms with Crippen molar-refractivity contribution >= 4 is 17.5 Å². The molecule has 0 radical (unpaired) electrons. The number of aromatic nitrogens is 2. The van der Waals surface area contributed by atoms with Crippen molar-refractivity contribution in [2.75, 3.05) is 13.2 Å². The van der Waals surface area contributed by atoms with Gasteiger partial charge in [0, 0.05) is 26.1 Å². The fourth-order valence-corrected chi connectivity index (χ4v) is 3.47. The Kier molecular flexibility index (Phi) is 5.41. The predicted octanol–water partition coefficient (Wildman–Crippen LogP) is 3.38. The Morgan fingerprint density at radius 2 is 2.13 bits per heavy atom. The van der Waals surface area contributed by atoms with Gasteiger partial charge < -0.3 is 10.1 Å². The van der Waals surface area contributed by atoms with Crippen molar-refractivity contribution in [1.82, 2.24) is 15.1 Å². The fourth-order valence-electron chi connectivity index (χ4n) is 3.25. The predicted molar refractivity (Wildman–Crippen MR) is 91.9 cm³/mol. The van der Waals surface area contributed by atoms with Gasteiger partial charge in [0.25, 0.3) is 5.91 Å². The molecule has 2 atom stereocenters. The summed E-state index contributed by atoms with van der Waals surface area (Å²) in [6.45, 7) is 11.9. The lowest BCUT2D eigenvalue weighted by Gasteiger charge is -2.31. The average Bonchev–Trinajstić information content (AvgIpc) is 3.02. The fraction of sp³-hybridized carbons (Fsp3) is 0.765. The van der Waals surface area contributed by atoms with Crippen LogP contribution in [0.3, 0.4) is 0 Å². The van der Waals surface area contributed by atoms with Crippen LogP contribution in [0.25, 0.3) is 0 Å². The van der Waals surface area contributed by atoms with Crippen LogP contribution >= 0.6 is 11.6 Å². The number of hydrogen-bond acceptors (Lipinski definition) is 3. The van der Waals surface area contributed by atoms with Crippen LogP contribution in [0.5, 0.6) is 0 Å². The zero-order valence-corrected chi connectivity index (χ0v) is 15.7. The van der Waals surface area contributed by atoms with E-state index >= 15 is 0 Å². The molecule has 1 amide bonds. The lowest BCUT2D eigenvalue weighted by Crippen LogP contribution is -2.39. The highest BCUT2D eigenvalue weighted by atomic mass is 35.5. The normalized spacial score (nSPS) is 21.9. The van der Waals surface area contributed by atoms with Gasteiger partial charge in [0.2, 0.25) is 0 Å². The maximum Gasteiger partial charge on any atom is 0.256 e. The second kappa shape index (κ2) is 6.81. The highest BCUT2D eigenvalue weighted by Crippen LogP contribution is 2.34. The summed E-state index contributed by atoms with van der Waals surface area (Å²) in [6, 6.07) is 0. The van der Waals surface area contributed by atoms with Gasteiger partial charge >= 0.3 is 0 Å². The number of carbonyl (C=O) groups is 1. The maximum absolute atomic E-state index is 12.6. The van der Waals surface area contributed by atoms with E-state index in [1.807, 2.05) is 13.8 Å². The monoisotopic (exact) mass is 341 g/mol. The van der Waals surface area contributed by atoms with E-state index in [1.54, 1.807) is 11.7 Å². The summed E-state index contributed by atoms with van der Waals surface area (Å²) in [6.07, 6.45) is 1.14. The highest BCUT2D eigenvalue weighted by Gasteiger charge is 2.37. The molecule has 2 heterocycles. The third-order valence-corrected chi connectivity index (χ3v) is 4.80. The Hall–Kier alpha value is -1.07. The summed E-state index contributed by atoms with van der Waals surface area (Å²) in [5.41, 5.74) is 1.31. The highest BCUT2D eigenvalue weighted by molar-refractivity contribution is 6.33. The molecule has 6 heteroatoms. The van der Waals surface area contributed by atoms with Crippen LogP contribution in [0.2, 0.25) is 5.15 Å². The van der Waals surface area contributed by atoms with Crippen molar-refractivity contribution < 1.29 is 9.53 Å². The molecule has 1 saturated heterocycles. The Morgan fingerprint density at radius 3 is 2.70 bits per heavy atom. The van der Waals surface area contributed by atoms with E-state index in [2.05, 4.69) is 31.2 Å². The van der Waals surface area contributed by atoms with Gasteiger partial charge in [-0.3, -0.25) is 9.48 Å². The van der Waals surface area contributed by atoms with E-state index in [1.165, 1.54) is 0 Å². The van der Waals surface area contributed by atoms with Gasteiger partial charge in [0.05, 0.1) is 17.4 Å². The molecule has 23 heavy (non-hydrogen) atoms. The standard InChI is InChI=1S/C17H28ClN3O2/c1-10(2)13-12(15(18)21(6)20-13)16(22)19-9-11-7-8-23-14(11)17(3,4)5/h10-11,14H,7-9H2,1-6H3,(H,19,22)/t11-,14-/m1/s1. The Bertz CT molecular complexity index is 575. The summed E-state index contributed by atoms with van der Waals surface area (Å²) in [5, 5.41) is 7.79. The SMILES string of the molecule is CC(C)c1nn(C)c(Cl)c1C(=O)NC[C@H]1CCO[C@H]1C(C)(C)C. The first-order valence-corrected chi connectivity index (χ1v) is 8.63. The molecule has 1 fully saturated rings. The van der Waals surface area contributed by atoms with Crippen LogP contribution < -0.4 is 5.32 Å². The van der Waals surface area contributed by atoms with Crippen LogP contribution in [-0.2, 0) is 11.8 Å². The first kappa shape index (κ1) is 18.3. The van der Waals surface area contributed by atoms with Crippen LogP contribution in [0, 0.1) is 11.3 Å². The van der Waals surface area contributed by atoms with Gasteiger partial charge in [-0.2, -0.15) is 5.10 Å². The lowest BCUT2D eigenvalue weighted by atomic mass is 9.81. The molecule has 5 nitrogen and oxygen atoms in total. The quantitative estimate of drug-likeness (QED) is 0.913. The van der Waals surface area contributed by atoms with E-state index in [0.29, 0.717) is 23.2 Å². The molecule has 1 aromatic rings. The minimum absolute atomic E-state index is 0.0704. The third-order valence-electron chi connectivity index (χ3n) is 4.37. The molecular weight excluding hydrogens is 314 g/mol. The third kappa shape index (κ3) is 3.89. The van der Waals surface area contributed by atoms with E-state index < -0.39 is 0 Å². The number of hydrogen-bond donors (Lipinski definition) is 1. The number of aryl methyl sites for hydroxylation is 1. The summed E-state index contributed by atoms with van der Waals surface area (Å²) < 4.78 is 7.42. The molecule has 1 aliphatic heterocycles. The van der Waals surface area contributed by atoms with Crippen LogP contribution in [0.1, 0.15) is 63.0 Å². The number of ether oxygens (including phenoxy) is 1. The number of nitrogens with one attached hydrogen (secondary N) is 1. The molecule has 130 valence electrons. The smallest absolute Gasteiger partial charge is 0.256 e. The van der Waals surface area contributed by atoms with Crippen molar-refractivity contribution in [3.05, 3.63) is 16.4 Å². The molecule has 0 bridgehead atoms. The molecule has 1 aliphatic rings. The number of amides is 1. The van der Waals surface area contributed by atoms with E-state index in [0.717, 1.165) is 18.7 Å².